The molecule has 1 aromatic carbocycles. The first-order chi connectivity index (χ1) is 19.1. The lowest BCUT2D eigenvalue weighted by Gasteiger charge is -2.33. The van der Waals surface area contributed by atoms with Gasteiger partial charge in [0, 0.05) is 81.1 Å². The van der Waals surface area contributed by atoms with Crippen LogP contribution in [-0.4, -0.2) is 66.1 Å². The van der Waals surface area contributed by atoms with Crippen LogP contribution in [0.2, 0.25) is 0 Å². The van der Waals surface area contributed by atoms with E-state index in [0.29, 0.717) is 24.7 Å². The van der Waals surface area contributed by atoms with Gasteiger partial charge in [-0.3, -0.25) is 4.68 Å². The molecule has 2 amide bonds. The molecule has 10 nitrogen and oxygen atoms in total. The summed E-state index contributed by atoms with van der Waals surface area (Å²) in [4.78, 5) is 21.2. The largest absolute Gasteiger partial charge is 0.381 e. The number of nitrogens with zero attached hydrogens (tertiary/aromatic N) is 6. The highest BCUT2D eigenvalue weighted by Crippen LogP contribution is 2.41. The van der Waals surface area contributed by atoms with E-state index in [1.54, 1.807) is 7.05 Å². The number of benzene rings is 1. The Morgan fingerprint density at radius 1 is 1.15 bits per heavy atom. The van der Waals surface area contributed by atoms with E-state index in [9.17, 15) is 10.1 Å². The zero-order valence-corrected chi connectivity index (χ0v) is 22.5. The highest BCUT2D eigenvalue weighted by atomic mass is 16.5. The van der Waals surface area contributed by atoms with Crippen molar-refractivity contribution in [1.29, 1.82) is 5.26 Å². The van der Waals surface area contributed by atoms with E-state index >= 15 is 0 Å². The minimum atomic E-state index is -0.0706. The van der Waals surface area contributed by atoms with Crippen LogP contribution >= 0.6 is 0 Å². The Morgan fingerprint density at radius 3 is 2.72 bits per heavy atom. The van der Waals surface area contributed by atoms with E-state index in [2.05, 4.69) is 37.3 Å². The monoisotopic (exact) mass is 526 g/mol. The molecule has 0 spiro atoms. The lowest BCUT2D eigenvalue weighted by Crippen LogP contribution is -2.42. The molecule has 3 aliphatic rings. The zero-order chi connectivity index (χ0) is 26.9. The number of pyridine rings is 1. The fourth-order valence-corrected chi connectivity index (χ4v) is 6.09. The van der Waals surface area contributed by atoms with Crippen molar-refractivity contribution in [1.82, 2.24) is 25.0 Å². The van der Waals surface area contributed by atoms with E-state index in [4.69, 9.17) is 9.84 Å². The summed E-state index contributed by atoms with van der Waals surface area (Å²) in [5.74, 6) is 1.69. The number of carbonyl (C=O) groups excluding carboxylic acids is 1. The number of aromatic nitrogens is 3. The van der Waals surface area contributed by atoms with Crippen molar-refractivity contribution < 1.29 is 9.53 Å². The Balaban J connectivity index is 1.43. The number of fused-ring (bicyclic) bond motifs is 2. The Bertz CT molecular complexity index is 1420. The van der Waals surface area contributed by atoms with Crippen molar-refractivity contribution >= 4 is 23.4 Å². The number of nitriles is 1. The maximum absolute atomic E-state index is 12.6. The maximum atomic E-state index is 12.6. The van der Waals surface area contributed by atoms with Crippen molar-refractivity contribution in [3.05, 3.63) is 52.8 Å². The summed E-state index contributed by atoms with van der Waals surface area (Å²) in [7, 11) is 3.51. The molecule has 0 saturated carbocycles. The average Bonchev–Trinajstić information content (AvgIpc) is 3.38. The number of urea groups is 1. The highest BCUT2D eigenvalue weighted by Gasteiger charge is 2.34. The molecule has 3 aromatic rings. The number of hydrogen-bond donors (Lipinski definition) is 2. The summed E-state index contributed by atoms with van der Waals surface area (Å²) in [6, 6.07) is 10.7. The third kappa shape index (κ3) is 4.57. The van der Waals surface area contributed by atoms with Crippen molar-refractivity contribution in [3.8, 4) is 17.2 Å². The first-order valence-corrected chi connectivity index (χ1v) is 13.7. The molecule has 3 aliphatic heterocycles. The summed E-state index contributed by atoms with van der Waals surface area (Å²) in [5.41, 5.74) is 6.99. The van der Waals surface area contributed by atoms with Crippen LogP contribution in [0.15, 0.2) is 30.5 Å². The molecule has 1 saturated heterocycles. The summed E-state index contributed by atoms with van der Waals surface area (Å²) in [6.45, 7) is 3.48. The van der Waals surface area contributed by atoms with Crippen molar-refractivity contribution in [3.63, 3.8) is 0 Å². The number of anilines is 3. The predicted molar refractivity (Wildman–Crippen MR) is 149 cm³/mol. The fraction of sp³-hybridized carbons (Fsp3) is 0.448. The summed E-state index contributed by atoms with van der Waals surface area (Å²) in [5, 5.41) is 21.2. The molecule has 39 heavy (non-hydrogen) atoms. The third-order valence-corrected chi connectivity index (χ3v) is 8.15. The molecule has 202 valence electrons. The van der Waals surface area contributed by atoms with Gasteiger partial charge in [0.15, 0.2) is 5.82 Å². The smallest absolute Gasteiger partial charge is 0.317 e. The van der Waals surface area contributed by atoms with E-state index in [1.165, 1.54) is 11.3 Å². The maximum Gasteiger partial charge on any atom is 0.317 e. The van der Waals surface area contributed by atoms with Crippen LogP contribution in [0.25, 0.3) is 11.1 Å². The average molecular weight is 527 g/mol. The number of aryl methyl sites for hydroxylation is 1. The van der Waals surface area contributed by atoms with Gasteiger partial charge in [-0.2, -0.15) is 10.4 Å². The number of amides is 2. The van der Waals surface area contributed by atoms with Crippen molar-refractivity contribution in [2.45, 2.75) is 44.7 Å². The molecule has 0 bridgehead atoms. The van der Waals surface area contributed by atoms with Crippen LogP contribution in [0, 0.1) is 11.3 Å². The first kappa shape index (κ1) is 25.2. The highest BCUT2D eigenvalue weighted by molar-refractivity contribution is 5.79. The van der Waals surface area contributed by atoms with Crippen LogP contribution in [0.3, 0.4) is 0 Å². The topological polar surface area (TPSA) is 111 Å². The summed E-state index contributed by atoms with van der Waals surface area (Å²) in [6.07, 6.45) is 6.37. The Kier molecular flexibility index (Phi) is 6.83. The second-order valence-electron chi connectivity index (χ2n) is 10.3. The Labute approximate surface area is 228 Å². The molecule has 0 unspecified atom stereocenters. The van der Waals surface area contributed by atoms with Gasteiger partial charge in [-0.1, -0.05) is 0 Å². The molecular weight excluding hydrogens is 492 g/mol. The van der Waals surface area contributed by atoms with Crippen LogP contribution in [0.4, 0.5) is 22.1 Å². The van der Waals surface area contributed by atoms with Crippen LogP contribution in [0.1, 0.15) is 47.7 Å². The zero-order valence-electron chi connectivity index (χ0n) is 22.5. The fourth-order valence-electron chi connectivity index (χ4n) is 6.09. The quantitative estimate of drug-likeness (QED) is 0.529. The second-order valence-corrected chi connectivity index (χ2v) is 10.3. The van der Waals surface area contributed by atoms with Gasteiger partial charge in [0.2, 0.25) is 0 Å². The molecule has 6 rings (SSSR count). The number of rotatable bonds is 4. The van der Waals surface area contributed by atoms with E-state index in [0.717, 1.165) is 85.9 Å². The summed E-state index contributed by atoms with van der Waals surface area (Å²) >= 11 is 0. The number of carbonyl (C=O) groups is 1. The molecule has 10 heteroatoms. The first-order valence-electron chi connectivity index (χ1n) is 13.7. The standard InChI is InChI=1S/C29H34N8O2/c1-31-27-6-5-20(17-33-27)23-14-19-4-3-10-36(26(19)15-21(23)16-30)28-24-18-35(29(38)32-2)11-7-25(24)37(34-28)22-8-12-39-13-9-22/h5-6,14-15,17,22H,3-4,7-13,18H2,1-2H3,(H,31,33)(H,32,38). The second kappa shape index (κ2) is 10.6. The molecular formula is C29H34N8O2. The van der Waals surface area contributed by atoms with E-state index in [-0.39, 0.29) is 6.03 Å². The number of nitrogens with one attached hydrogen (secondary N) is 2. The summed E-state index contributed by atoms with van der Waals surface area (Å²) < 4.78 is 7.85. The molecule has 0 aliphatic carbocycles. The lowest BCUT2D eigenvalue weighted by molar-refractivity contribution is 0.0651. The number of ether oxygens (including phenoxy) is 1. The molecule has 0 radical (unpaired) electrons. The van der Waals surface area contributed by atoms with E-state index < -0.39 is 0 Å². The number of hydrogen-bond acceptors (Lipinski definition) is 7. The molecule has 2 aromatic heterocycles. The van der Waals surface area contributed by atoms with Gasteiger partial charge < -0.3 is 25.2 Å². The SMILES string of the molecule is CNC(=O)N1CCc2c(c(N3CCCc4cc(-c5ccc(NC)nc5)c(C#N)cc43)nn2C2CCOCC2)C1. The van der Waals surface area contributed by atoms with Crippen molar-refractivity contribution in [2.24, 2.45) is 0 Å². The molecule has 5 heterocycles. The Hall–Kier alpha value is -4.10. The van der Waals surface area contributed by atoms with Crippen LogP contribution in [-0.2, 0) is 24.1 Å². The normalized spacial score (nSPS) is 17.3. The predicted octanol–water partition coefficient (Wildman–Crippen LogP) is 3.99. The van der Waals surface area contributed by atoms with Crippen LogP contribution < -0.4 is 15.5 Å². The van der Waals surface area contributed by atoms with Gasteiger partial charge in [0.05, 0.1) is 24.2 Å². The van der Waals surface area contributed by atoms with E-state index in [1.807, 2.05) is 36.3 Å². The Morgan fingerprint density at radius 2 is 2.00 bits per heavy atom. The van der Waals surface area contributed by atoms with Gasteiger partial charge in [-0.05, 0) is 55.5 Å². The van der Waals surface area contributed by atoms with Gasteiger partial charge in [0.25, 0.3) is 0 Å². The molecule has 1 fully saturated rings. The van der Waals surface area contributed by atoms with Gasteiger partial charge in [-0.15, -0.1) is 0 Å². The minimum absolute atomic E-state index is 0.0706. The van der Waals surface area contributed by atoms with Gasteiger partial charge in [-0.25, -0.2) is 9.78 Å². The van der Waals surface area contributed by atoms with Crippen molar-refractivity contribution in [2.75, 3.05) is 50.6 Å². The van der Waals surface area contributed by atoms with Gasteiger partial charge >= 0.3 is 6.03 Å². The van der Waals surface area contributed by atoms with Gasteiger partial charge in [0.1, 0.15) is 5.82 Å². The minimum Gasteiger partial charge on any atom is -0.381 e. The van der Waals surface area contributed by atoms with Crippen LogP contribution in [0.5, 0.6) is 0 Å². The third-order valence-electron chi connectivity index (χ3n) is 8.15. The molecule has 0 atom stereocenters. The lowest BCUT2D eigenvalue weighted by atomic mass is 9.92. The molecule has 2 N–H and O–H groups in total.